The molecule has 0 saturated heterocycles. The molecule has 0 aliphatic rings. The van der Waals surface area contributed by atoms with Crippen molar-refractivity contribution in [3.05, 3.63) is 83.3 Å². The molecule has 2 aromatic carbocycles. The Bertz CT molecular complexity index is 1030. The van der Waals surface area contributed by atoms with Gasteiger partial charge in [-0.25, -0.2) is 0 Å². The van der Waals surface area contributed by atoms with Gasteiger partial charge in [0.1, 0.15) is 0 Å². The van der Waals surface area contributed by atoms with Crippen LogP contribution >= 0.6 is 0 Å². The molecule has 4 rings (SSSR count). The highest BCUT2D eigenvalue weighted by atomic mass is 16.3. The van der Waals surface area contributed by atoms with Gasteiger partial charge in [0.15, 0.2) is 5.58 Å². The number of furan rings is 1. The van der Waals surface area contributed by atoms with Gasteiger partial charge in [-0.1, -0.05) is 60.7 Å². The molecular formula is C20H15NO2. The topological polar surface area (TPSA) is 35.1 Å². The Morgan fingerprint density at radius 1 is 0.826 bits per heavy atom. The van der Waals surface area contributed by atoms with E-state index in [0.717, 1.165) is 27.8 Å². The van der Waals surface area contributed by atoms with Crippen molar-refractivity contribution in [1.29, 1.82) is 0 Å². The van der Waals surface area contributed by atoms with Gasteiger partial charge in [0.25, 0.3) is 5.56 Å². The molecule has 0 bridgehead atoms. The first kappa shape index (κ1) is 13.6. The third kappa shape index (κ3) is 2.09. The number of nitrogens with zero attached hydrogens (tertiary/aromatic N) is 1. The van der Waals surface area contributed by atoms with E-state index in [1.165, 1.54) is 0 Å². The van der Waals surface area contributed by atoms with Crippen LogP contribution < -0.4 is 5.56 Å². The molecule has 112 valence electrons. The molecule has 0 atom stereocenters. The van der Waals surface area contributed by atoms with Crippen LogP contribution in [0.1, 0.15) is 0 Å². The molecule has 2 heterocycles. The molecule has 2 aromatic heterocycles. The van der Waals surface area contributed by atoms with Crippen LogP contribution in [0.5, 0.6) is 0 Å². The van der Waals surface area contributed by atoms with Gasteiger partial charge in [-0.05, 0) is 17.2 Å². The highest BCUT2D eigenvalue weighted by molar-refractivity contribution is 6.00. The van der Waals surface area contributed by atoms with E-state index in [-0.39, 0.29) is 5.56 Å². The molecular weight excluding hydrogens is 286 g/mol. The minimum absolute atomic E-state index is 0.122. The zero-order valence-corrected chi connectivity index (χ0v) is 12.7. The summed E-state index contributed by atoms with van der Waals surface area (Å²) >= 11 is 0. The fraction of sp³-hybridized carbons (Fsp3) is 0.0500. The fourth-order valence-corrected chi connectivity index (χ4v) is 3.05. The normalized spacial score (nSPS) is 11.0. The molecule has 0 saturated carbocycles. The highest BCUT2D eigenvalue weighted by Gasteiger charge is 2.19. The maximum Gasteiger partial charge on any atom is 0.294 e. The van der Waals surface area contributed by atoms with Crippen molar-refractivity contribution in [3.63, 3.8) is 0 Å². The smallest absolute Gasteiger partial charge is 0.294 e. The van der Waals surface area contributed by atoms with Crippen LogP contribution in [0.2, 0.25) is 0 Å². The van der Waals surface area contributed by atoms with Crippen LogP contribution in [-0.2, 0) is 7.05 Å². The first-order chi connectivity index (χ1) is 11.3. The van der Waals surface area contributed by atoms with Crippen LogP contribution in [0, 0.1) is 0 Å². The van der Waals surface area contributed by atoms with Crippen molar-refractivity contribution >= 4 is 11.0 Å². The molecule has 23 heavy (non-hydrogen) atoms. The number of hydrogen-bond donors (Lipinski definition) is 0. The standard InChI is InChI=1S/C20H15NO2/c1-21-18(15-10-6-3-7-11-15)17(14-8-4-2-5-9-14)16-12-13-23-19(16)20(21)22/h2-13H,1H3. The first-order valence-electron chi connectivity index (χ1n) is 7.48. The highest BCUT2D eigenvalue weighted by Crippen LogP contribution is 2.36. The lowest BCUT2D eigenvalue weighted by molar-refractivity contribution is 0.606. The molecule has 0 amide bonds. The Kier molecular flexibility index (Phi) is 3.12. The van der Waals surface area contributed by atoms with E-state index in [4.69, 9.17) is 4.42 Å². The van der Waals surface area contributed by atoms with Crippen LogP contribution in [0.4, 0.5) is 0 Å². The predicted molar refractivity (Wildman–Crippen MR) is 92.3 cm³/mol. The fourth-order valence-electron chi connectivity index (χ4n) is 3.05. The molecule has 0 unspecified atom stereocenters. The zero-order chi connectivity index (χ0) is 15.8. The van der Waals surface area contributed by atoms with Crippen molar-refractivity contribution in [3.8, 4) is 22.4 Å². The largest absolute Gasteiger partial charge is 0.458 e. The maximum atomic E-state index is 12.6. The third-order valence-electron chi connectivity index (χ3n) is 4.12. The Balaban J connectivity index is 2.20. The van der Waals surface area contributed by atoms with Crippen molar-refractivity contribution in [2.75, 3.05) is 0 Å². The van der Waals surface area contributed by atoms with Gasteiger partial charge in [0.2, 0.25) is 0 Å². The molecule has 0 spiro atoms. The molecule has 0 N–H and O–H groups in total. The molecule has 4 aromatic rings. The quantitative estimate of drug-likeness (QED) is 0.547. The molecule has 0 radical (unpaired) electrons. The minimum atomic E-state index is -0.122. The Morgan fingerprint density at radius 3 is 2.09 bits per heavy atom. The summed E-state index contributed by atoms with van der Waals surface area (Å²) in [4.78, 5) is 12.6. The summed E-state index contributed by atoms with van der Waals surface area (Å²) in [5.41, 5.74) is 4.26. The average molecular weight is 301 g/mol. The molecule has 0 fully saturated rings. The predicted octanol–water partition coefficient (Wildman–Crippen LogP) is 4.47. The zero-order valence-electron chi connectivity index (χ0n) is 12.7. The lowest BCUT2D eigenvalue weighted by atomic mass is 9.96. The Morgan fingerprint density at radius 2 is 1.43 bits per heavy atom. The minimum Gasteiger partial charge on any atom is -0.458 e. The van der Waals surface area contributed by atoms with E-state index in [1.54, 1.807) is 17.9 Å². The number of hydrogen-bond acceptors (Lipinski definition) is 2. The van der Waals surface area contributed by atoms with Crippen molar-refractivity contribution in [2.24, 2.45) is 7.05 Å². The maximum absolute atomic E-state index is 12.6. The van der Waals surface area contributed by atoms with E-state index in [1.807, 2.05) is 54.6 Å². The SMILES string of the molecule is Cn1c(-c2ccccc2)c(-c2ccccc2)c2ccoc2c1=O. The van der Waals surface area contributed by atoms with E-state index < -0.39 is 0 Å². The monoisotopic (exact) mass is 301 g/mol. The van der Waals surface area contributed by atoms with E-state index in [0.29, 0.717) is 5.58 Å². The number of rotatable bonds is 2. The molecule has 0 aliphatic carbocycles. The van der Waals surface area contributed by atoms with Crippen molar-refractivity contribution < 1.29 is 4.42 Å². The second kappa shape index (κ2) is 5.29. The summed E-state index contributed by atoms with van der Waals surface area (Å²) in [5, 5.41) is 0.846. The van der Waals surface area contributed by atoms with E-state index in [9.17, 15) is 4.79 Å². The van der Waals surface area contributed by atoms with Crippen molar-refractivity contribution in [1.82, 2.24) is 4.57 Å². The number of benzene rings is 2. The summed E-state index contributed by atoms with van der Waals surface area (Å²) in [7, 11) is 1.79. The molecule has 0 aliphatic heterocycles. The third-order valence-corrected chi connectivity index (χ3v) is 4.12. The number of aromatic nitrogens is 1. The lowest BCUT2D eigenvalue weighted by Crippen LogP contribution is -2.19. The van der Waals surface area contributed by atoms with Crippen LogP contribution in [0.15, 0.2) is 82.2 Å². The average Bonchev–Trinajstić information content (AvgIpc) is 3.09. The van der Waals surface area contributed by atoms with E-state index >= 15 is 0 Å². The van der Waals surface area contributed by atoms with Gasteiger partial charge in [0.05, 0.1) is 12.0 Å². The summed E-state index contributed by atoms with van der Waals surface area (Å²) in [5.74, 6) is 0. The van der Waals surface area contributed by atoms with Gasteiger partial charge in [-0.3, -0.25) is 4.79 Å². The van der Waals surface area contributed by atoms with Gasteiger partial charge in [-0.2, -0.15) is 0 Å². The second-order valence-electron chi connectivity index (χ2n) is 5.48. The summed E-state index contributed by atoms with van der Waals surface area (Å²) in [6.07, 6.45) is 1.58. The first-order valence-corrected chi connectivity index (χ1v) is 7.48. The number of fused-ring (bicyclic) bond motifs is 1. The van der Waals surface area contributed by atoms with Crippen LogP contribution in [-0.4, -0.2) is 4.57 Å². The van der Waals surface area contributed by atoms with Crippen LogP contribution in [0.3, 0.4) is 0 Å². The van der Waals surface area contributed by atoms with Gasteiger partial charge >= 0.3 is 0 Å². The summed E-state index contributed by atoms with van der Waals surface area (Å²) in [6.45, 7) is 0. The lowest BCUT2D eigenvalue weighted by Gasteiger charge is -2.15. The van der Waals surface area contributed by atoms with Crippen LogP contribution in [0.25, 0.3) is 33.4 Å². The Labute approximate surface area is 133 Å². The number of pyridine rings is 1. The molecule has 3 nitrogen and oxygen atoms in total. The van der Waals surface area contributed by atoms with E-state index in [2.05, 4.69) is 12.1 Å². The van der Waals surface area contributed by atoms with Crippen molar-refractivity contribution in [2.45, 2.75) is 0 Å². The second-order valence-corrected chi connectivity index (χ2v) is 5.48. The molecule has 3 heteroatoms. The van der Waals surface area contributed by atoms with Gasteiger partial charge in [0, 0.05) is 18.0 Å². The summed E-state index contributed by atoms with van der Waals surface area (Å²) in [6, 6.07) is 21.9. The summed E-state index contributed by atoms with van der Waals surface area (Å²) < 4.78 is 7.12. The van der Waals surface area contributed by atoms with Gasteiger partial charge < -0.3 is 8.98 Å². The Hall–Kier alpha value is -3.07. The van der Waals surface area contributed by atoms with Gasteiger partial charge in [-0.15, -0.1) is 0 Å².